The van der Waals surface area contributed by atoms with Crippen LogP contribution in [0.2, 0.25) is 0 Å². The van der Waals surface area contributed by atoms with Crippen molar-refractivity contribution in [1.82, 2.24) is 4.90 Å². The number of carboxylic acid groups (broad SMARTS) is 1. The highest BCUT2D eigenvalue weighted by Crippen LogP contribution is 2.33. The quantitative estimate of drug-likeness (QED) is 0.839. The van der Waals surface area contributed by atoms with E-state index in [-0.39, 0.29) is 31.3 Å². The van der Waals surface area contributed by atoms with E-state index in [4.69, 9.17) is 14.6 Å². The maximum absolute atomic E-state index is 12.7. The first-order valence-electron chi connectivity index (χ1n) is 8.48. The highest BCUT2D eigenvalue weighted by molar-refractivity contribution is 6.00. The Morgan fingerprint density at radius 2 is 1.73 bits per heavy atom. The third kappa shape index (κ3) is 3.44. The number of likely N-dealkylation sites (tertiary alicyclic amines) is 1. The van der Waals surface area contributed by atoms with Gasteiger partial charge >= 0.3 is 5.97 Å². The van der Waals surface area contributed by atoms with Crippen LogP contribution in [0.4, 0.5) is 5.69 Å². The van der Waals surface area contributed by atoms with Gasteiger partial charge in [-0.2, -0.15) is 0 Å². The number of nitrogens with zero attached hydrogens (tertiary/aromatic N) is 2. The predicted octanol–water partition coefficient (Wildman–Crippen LogP) is 0.990. The minimum absolute atomic E-state index is 0.118. The van der Waals surface area contributed by atoms with Gasteiger partial charge in [0.25, 0.3) is 0 Å². The lowest BCUT2D eigenvalue weighted by Gasteiger charge is -2.21. The van der Waals surface area contributed by atoms with E-state index in [0.29, 0.717) is 30.2 Å². The number of aliphatic carboxylic acids is 1. The largest absolute Gasteiger partial charge is 0.497 e. The van der Waals surface area contributed by atoms with Crippen LogP contribution in [0.3, 0.4) is 0 Å². The average Bonchev–Trinajstić information content (AvgIpc) is 3.27. The van der Waals surface area contributed by atoms with E-state index in [1.807, 2.05) is 0 Å². The van der Waals surface area contributed by atoms with Crippen LogP contribution in [0.5, 0.6) is 11.5 Å². The molecule has 2 saturated heterocycles. The van der Waals surface area contributed by atoms with E-state index < -0.39 is 17.8 Å². The molecule has 0 aromatic heterocycles. The average molecular weight is 362 g/mol. The highest BCUT2D eigenvalue weighted by Gasteiger charge is 2.40. The summed E-state index contributed by atoms with van der Waals surface area (Å²) in [6.45, 7) is 0.904. The fourth-order valence-electron chi connectivity index (χ4n) is 3.49. The molecule has 8 heteroatoms. The van der Waals surface area contributed by atoms with Crippen LogP contribution in [0.1, 0.15) is 12.8 Å². The van der Waals surface area contributed by atoms with Gasteiger partial charge in [0.15, 0.2) is 0 Å². The third-order valence-corrected chi connectivity index (χ3v) is 4.97. The van der Waals surface area contributed by atoms with Crippen molar-refractivity contribution in [3.63, 3.8) is 0 Å². The SMILES string of the molecule is COc1cc(OC)cc(N2CC(C(=O)N3CCC(C(=O)O)C3)CC2=O)c1. The topological polar surface area (TPSA) is 96.4 Å². The van der Waals surface area contributed by atoms with Crippen LogP contribution in [0.15, 0.2) is 18.2 Å². The van der Waals surface area contributed by atoms with Gasteiger partial charge < -0.3 is 24.4 Å². The Morgan fingerprint density at radius 1 is 1.08 bits per heavy atom. The van der Waals surface area contributed by atoms with E-state index in [1.54, 1.807) is 28.0 Å². The monoisotopic (exact) mass is 362 g/mol. The predicted molar refractivity (Wildman–Crippen MR) is 92.3 cm³/mol. The minimum Gasteiger partial charge on any atom is -0.497 e. The number of ether oxygens (including phenoxy) is 2. The molecule has 140 valence electrons. The van der Waals surface area contributed by atoms with Crippen molar-refractivity contribution in [3.8, 4) is 11.5 Å². The number of anilines is 1. The first-order valence-corrected chi connectivity index (χ1v) is 8.48. The second-order valence-corrected chi connectivity index (χ2v) is 6.58. The lowest BCUT2D eigenvalue weighted by Crippen LogP contribution is -2.36. The molecule has 0 bridgehead atoms. The molecular formula is C18H22N2O6. The van der Waals surface area contributed by atoms with Gasteiger partial charge in [-0.15, -0.1) is 0 Å². The fraction of sp³-hybridized carbons (Fsp3) is 0.500. The number of hydrogen-bond acceptors (Lipinski definition) is 5. The molecule has 2 amide bonds. The molecule has 2 aliphatic heterocycles. The lowest BCUT2D eigenvalue weighted by molar-refractivity contribution is -0.141. The van der Waals surface area contributed by atoms with Gasteiger partial charge in [-0.05, 0) is 6.42 Å². The maximum Gasteiger partial charge on any atom is 0.308 e. The van der Waals surface area contributed by atoms with Crippen LogP contribution in [0, 0.1) is 11.8 Å². The van der Waals surface area contributed by atoms with Crippen LogP contribution < -0.4 is 14.4 Å². The molecule has 2 atom stereocenters. The number of carbonyl (C=O) groups excluding carboxylic acids is 2. The first-order chi connectivity index (χ1) is 12.4. The van der Waals surface area contributed by atoms with Gasteiger partial charge in [0.2, 0.25) is 11.8 Å². The van der Waals surface area contributed by atoms with Crippen molar-refractivity contribution in [2.75, 3.05) is 38.8 Å². The van der Waals surface area contributed by atoms with Crippen LogP contribution >= 0.6 is 0 Å². The van der Waals surface area contributed by atoms with E-state index in [0.717, 1.165) is 0 Å². The van der Waals surface area contributed by atoms with Crippen molar-refractivity contribution < 1.29 is 29.0 Å². The summed E-state index contributed by atoms with van der Waals surface area (Å²) in [6.07, 6.45) is 0.575. The Balaban J connectivity index is 1.73. The number of benzene rings is 1. The Morgan fingerprint density at radius 3 is 2.27 bits per heavy atom. The molecule has 1 aromatic carbocycles. The zero-order valence-electron chi connectivity index (χ0n) is 14.8. The summed E-state index contributed by atoms with van der Waals surface area (Å²) in [4.78, 5) is 39.3. The van der Waals surface area contributed by atoms with Crippen molar-refractivity contribution >= 4 is 23.5 Å². The van der Waals surface area contributed by atoms with Gasteiger partial charge in [-0.1, -0.05) is 0 Å². The summed E-state index contributed by atoms with van der Waals surface area (Å²) in [5.41, 5.74) is 0.617. The number of methoxy groups -OCH3 is 2. The summed E-state index contributed by atoms with van der Waals surface area (Å²) in [5, 5.41) is 9.09. The van der Waals surface area contributed by atoms with Gasteiger partial charge in [-0.25, -0.2) is 0 Å². The number of carboxylic acids is 1. The van der Waals surface area contributed by atoms with Gasteiger partial charge in [-0.3, -0.25) is 14.4 Å². The standard InChI is InChI=1S/C18H22N2O6/c1-25-14-6-13(7-15(8-14)26-2)20-10-12(5-16(20)21)17(22)19-4-3-11(9-19)18(23)24/h6-8,11-12H,3-5,9-10H2,1-2H3,(H,23,24). The normalized spacial score (nSPS) is 22.6. The smallest absolute Gasteiger partial charge is 0.308 e. The molecule has 2 heterocycles. The molecule has 26 heavy (non-hydrogen) atoms. The molecule has 3 rings (SSSR count). The van der Waals surface area contributed by atoms with E-state index in [9.17, 15) is 14.4 Å². The fourth-order valence-corrected chi connectivity index (χ4v) is 3.49. The van der Waals surface area contributed by atoms with Gasteiger partial charge in [0.05, 0.1) is 31.7 Å². The van der Waals surface area contributed by atoms with E-state index in [2.05, 4.69) is 0 Å². The van der Waals surface area contributed by atoms with E-state index >= 15 is 0 Å². The summed E-state index contributed by atoms with van der Waals surface area (Å²) >= 11 is 0. The molecule has 2 aliphatic rings. The van der Waals surface area contributed by atoms with Crippen molar-refractivity contribution in [2.24, 2.45) is 11.8 Å². The Kier molecular flexibility index (Phi) is 5.01. The molecule has 1 aromatic rings. The zero-order valence-corrected chi connectivity index (χ0v) is 14.8. The molecule has 1 N–H and O–H groups in total. The lowest BCUT2D eigenvalue weighted by atomic mass is 10.1. The van der Waals surface area contributed by atoms with Crippen molar-refractivity contribution in [1.29, 1.82) is 0 Å². The molecule has 0 spiro atoms. The number of rotatable bonds is 5. The summed E-state index contributed by atoms with van der Waals surface area (Å²) < 4.78 is 10.5. The van der Waals surface area contributed by atoms with Crippen LogP contribution in [0.25, 0.3) is 0 Å². The van der Waals surface area contributed by atoms with Crippen LogP contribution in [-0.4, -0.2) is 61.6 Å². The molecule has 0 aliphatic carbocycles. The molecule has 0 radical (unpaired) electrons. The molecule has 2 fully saturated rings. The molecular weight excluding hydrogens is 340 g/mol. The molecule has 0 saturated carbocycles. The first kappa shape index (κ1) is 18.0. The Labute approximate surface area is 151 Å². The summed E-state index contributed by atoms with van der Waals surface area (Å²) in [6, 6.07) is 5.16. The van der Waals surface area contributed by atoms with Crippen molar-refractivity contribution in [2.45, 2.75) is 12.8 Å². The second-order valence-electron chi connectivity index (χ2n) is 6.58. The van der Waals surface area contributed by atoms with Gasteiger partial charge in [0.1, 0.15) is 11.5 Å². The van der Waals surface area contributed by atoms with Gasteiger partial charge in [0, 0.05) is 44.3 Å². The maximum atomic E-state index is 12.7. The molecule has 2 unspecified atom stereocenters. The zero-order chi connectivity index (χ0) is 18.8. The second kappa shape index (κ2) is 7.23. The Bertz CT molecular complexity index is 712. The summed E-state index contributed by atoms with van der Waals surface area (Å²) in [5.74, 6) is -1.04. The third-order valence-electron chi connectivity index (χ3n) is 4.97. The molecule has 8 nitrogen and oxygen atoms in total. The number of hydrogen-bond donors (Lipinski definition) is 1. The van der Waals surface area contributed by atoms with Crippen molar-refractivity contribution in [3.05, 3.63) is 18.2 Å². The highest BCUT2D eigenvalue weighted by atomic mass is 16.5. The Hall–Kier alpha value is -2.77. The minimum atomic E-state index is -0.882. The number of carbonyl (C=O) groups is 3. The summed E-state index contributed by atoms with van der Waals surface area (Å²) in [7, 11) is 3.06. The number of amides is 2. The van der Waals surface area contributed by atoms with Crippen LogP contribution in [-0.2, 0) is 14.4 Å². The van der Waals surface area contributed by atoms with E-state index in [1.165, 1.54) is 14.2 Å².